The van der Waals surface area contributed by atoms with Gasteiger partial charge in [-0.2, -0.15) is 0 Å². The molecule has 4 aromatic carbocycles. The van der Waals surface area contributed by atoms with Crippen LogP contribution in [0.4, 0.5) is 11.4 Å². The number of likely N-dealkylation sites (N-methyl/N-ethyl adjacent to an activating group) is 3. The molecule has 0 radical (unpaired) electrons. The monoisotopic (exact) mass is 1050 g/mol. The second-order valence-corrected chi connectivity index (χ2v) is 21.1. The molecule has 3 aliphatic heterocycles. The molecule has 1 aromatic heterocycles. The maximum absolute atomic E-state index is 12.5. The van der Waals surface area contributed by atoms with Gasteiger partial charge in [0.2, 0.25) is 0 Å². The van der Waals surface area contributed by atoms with E-state index in [1.165, 1.54) is 67.2 Å². The van der Waals surface area contributed by atoms with Gasteiger partial charge in [-0.15, -0.1) is 0 Å². The molecular weight excluding hydrogens is 982 g/mol. The molecule has 73 heavy (non-hydrogen) atoms. The van der Waals surface area contributed by atoms with E-state index in [1.807, 2.05) is 43.3 Å². The zero-order valence-electron chi connectivity index (χ0n) is 42.7. The standard InChI is InChI=1S/C21H25N3O3S.C19H22N4O3S.C15H23ClN2/c1-3-23-11-5-7-17(23)14-22-21(25)16-9-10-20(19(13-16)24(26)27)28-18-8-4-6-15(2)12-18;1-2-22-11-5-6-15(22)13-21-19(24)14-8-9-17(16(12-14)23(25)26)27-18-7-3-4-10-20-18;1-3-18-8-4-5-14(18)11-17-10-13-6-7-15(16)12(2)9-13/h4,6,8-10,12-13,17H,3,5,7,11,14H2,1-2H3,(H,22,25);3-4,7-10,12,15H,2,5-6,11,13H2,1H3,(H,21,24);6-7,9,14,17H,3-5,8,10-11H2,1-2H3. The van der Waals surface area contributed by atoms with Crippen molar-refractivity contribution < 1.29 is 19.4 Å². The van der Waals surface area contributed by atoms with Gasteiger partial charge in [0.1, 0.15) is 5.03 Å². The lowest BCUT2D eigenvalue weighted by Gasteiger charge is -2.23. The number of benzene rings is 4. The maximum Gasteiger partial charge on any atom is 0.284 e. The van der Waals surface area contributed by atoms with E-state index in [2.05, 4.69) is 75.5 Å². The number of amides is 2. The molecule has 3 aliphatic rings. The number of aromatic nitrogens is 1. The second-order valence-electron chi connectivity index (χ2n) is 18.5. The van der Waals surface area contributed by atoms with E-state index in [0.717, 1.165) is 92.0 Å². The minimum Gasteiger partial charge on any atom is -0.350 e. The summed E-state index contributed by atoms with van der Waals surface area (Å²) in [5.41, 5.74) is 4.06. The van der Waals surface area contributed by atoms with Crippen molar-refractivity contribution in [1.82, 2.24) is 35.6 Å². The van der Waals surface area contributed by atoms with Crippen LogP contribution < -0.4 is 16.0 Å². The quantitative estimate of drug-likeness (QED) is 0.0526. The summed E-state index contributed by atoms with van der Waals surface area (Å²) in [5.74, 6) is -0.548. The summed E-state index contributed by atoms with van der Waals surface area (Å²) in [7, 11) is 0. The zero-order chi connectivity index (χ0) is 52.3. The summed E-state index contributed by atoms with van der Waals surface area (Å²) in [6.07, 6.45) is 8.73. The molecule has 390 valence electrons. The predicted octanol–water partition coefficient (Wildman–Crippen LogP) is 10.8. The van der Waals surface area contributed by atoms with E-state index in [4.69, 9.17) is 11.6 Å². The number of rotatable bonds is 19. The summed E-state index contributed by atoms with van der Waals surface area (Å²) in [4.78, 5) is 60.5. The molecule has 8 rings (SSSR count). The molecule has 18 heteroatoms. The van der Waals surface area contributed by atoms with E-state index in [-0.39, 0.29) is 23.2 Å². The number of hydrogen-bond acceptors (Lipinski definition) is 13. The van der Waals surface area contributed by atoms with Gasteiger partial charge in [0.15, 0.2) is 0 Å². The lowest BCUT2D eigenvalue weighted by Crippen LogP contribution is -2.40. The number of likely N-dealkylation sites (tertiary alicyclic amines) is 3. The fraction of sp³-hybridized carbons (Fsp3) is 0.436. The highest BCUT2D eigenvalue weighted by atomic mass is 35.5. The Labute approximate surface area is 443 Å². The summed E-state index contributed by atoms with van der Waals surface area (Å²) >= 11 is 8.57. The molecular formula is C55H70ClN9O6S2. The molecule has 3 N–H and O–H groups in total. The summed E-state index contributed by atoms with van der Waals surface area (Å²) in [6, 6.07) is 30.2. The lowest BCUT2D eigenvalue weighted by atomic mass is 10.1. The molecule has 0 saturated carbocycles. The van der Waals surface area contributed by atoms with Crippen LogP contribution in [0.2, 0.25) is 5.02 Å². The number of nitrogens with one attached hydrogen (secondary N) is 3. The first kappa shape index (κ1) is 56.9. The van der Waals surface area contributed by atoms with E-state index >= 15 is 0 Å². The number of nitro benzene ring substituents is 2. The molecule has 4 heterocycles. The van der Waals surface area contributed by atoms with E-state index < -0.39 is 9.85 Å². The molecule has 0 aliphatic carbocycles. The van der Waals surface area contributed by atoms with Crippen molar-refractivity contribution >= 4 is 58.3 Å². The van der Waals surface area contributed by atoms with Gasteiger partial charge in [0, 0.05) is 83.7 Å². The number of carbonyl (C=O) groups is 2. The second kappa shape index (κ2) is 28.9. The normalized spacial score (nSPS) is 17.8. The fourth-order valence-corrected chi connectivity index (χ4v) is 11.6. The molecule has 15 nitrogen and oxygen atoms in total. The van der Waals surface area contributed by atoms with Gasteiger partial charge in [-0.1, -0.05) is 91.8 Å². The number of hydrogen-bond donors (Lipinski definition) is 3. The Morgan fingerprint density at radius 3 is 1.67 bits per heavy atom. The highest BCUT2D eigenvalue weighted by molar-refractivity contribution is 7.99. The van der Waals surface area contributed by atoms with Crippen LogP contribution in [0.5, 0.6) is 0 Å². The van der Waals surface area contributed by atoms with Crippen LogP contribution in [0.3, 0.4) is 0 Å². The van der Waals surface area contributed by atoms with Crippen LogP contribution in [0.1, 0.15) is 96.7 Å². The number of aryl methyl sites for hydroxylation is 2. The van der Waals surface area contributed by atoms with Crippen LogP contribution in [0, 0.1) is 34.1 Å². The van der Waals surface area contributed by atoms with Gasteiger partial charge >= 0.3 is 0 Å². The van der Waals surface area contributed by atoms with E-state index in [9.17, 15) is 29.8 Å². The number of nitro groups is 2. The van der Waals surface area contributed by atoms with Crippen molar-refractivity contribution in [3.05, 3.63) is 156 Å². The zero-order valence-corrected chi connectivity index (χ0v) is 45.1. The fourth-order valence-electron chi connectivity index (χ4n) is 9.55. The third kappa shape index (κ3) is 17.1. The molecule has 3 unspecified atom stereocenters. The SMILES string of the molecule is CCN1CCCC1CNC(=O)c1ccc(Sc2cccc(C)c2)c([N+](=O)[O-])c1.CCN1CCCC1CNC(=O)c1ccc(Sc2ccccn2)c([N+](=O)[O-])c1.CCN1CCCC1CNCc1ccc(Cl)c(C)c1. The smallest absolute Gasteiger partial charge is 0.284 e. The van der Waals surface area contributed by atoms with Crippen LogP contribution in [0.15, 0.2) is 123 Å². The van der Waals surface area contributed by atoms with Gasteiger partial charge < -0.3 is 16.0 Å². The lowest BCUT2D eigenvalue weighted by molar-refractivity contribution is -0.387. The molecule has 0 bridgehead atoms. The summed E-state index contributed by atoms with van der Waals surface area (Å²) in [5, 5.41) is 34.0. The van der Waals surface area contributed by atoms with Gasteiger partial charge in [-0.05, 0) is 157 Å². The Balaban J connectivity index is 0.000000183. The Morgan fingerprint density at radius 2 is 1.19 bits per heavy atom. The first-order valence-electron chi connectivity index (χ1n) is 25.4. The van der Waals surface area contributed by atoms with Crippen molar-refractivity contribution in [3.8, 4) is 0 Å². The minimum atomic E-state index is -0.460. The van der Waals surface area contributed by atoms with E-state index in [0.29, 0.717) is 51.1 Å². The van der Waals surface area contributed by atoms with Crippen molar-refractivity contribution in [1.29, 1.82) is 0 Å². The first-order valence-corrected chi connectivity index (χ1v) is 27.4. The summed E-state index contributed by atoms with van der Waals surface area (Å²) < 4.78 is 0. The Kier molecular flexibility index (Phi) is 22.5. The Hall–Kier alpha value is -5.40. The van der Waals surface area contributed by atoms with Gasteiger partial charge in [-0.3, -0.25) is 44.5 Å². The van der Waals surface area contributed by atoms with Crippen molar-refractivity contribution in [2.24, 2.45) is 0 Å². The number of halogens is 1. The van der Waals surface area contributed by atoms with Crippen LogP contribution in [-0.2, 0) is 6.54 Å². The predicted molar refractivity (Wildman–Crippen MR) is 293 cm³/mol. The molecule has 0 spiro atoms. The highest BCUT2D eigenvalue weighted by Crippen LogP contribution is 2.36. The van der Waals surface area contributed by atoms with Gasteiger partial charge in [0.05, 0.1) is 19.6 Å². The minimum absolute atomic E-state index is 0.0461. The first-order chi connectivity index (χ1) is 35.3. The molecule has 5 aromatic rings. The number of carbonyl (C=O) groups excluding carboxylic acids is 2. The maximum atomic E-state index is 12.5. The van der Waals surface area contributed by atoms with Crippen LogP contribution >= 0.6 is 35.1 Å². The average molecular weight is 1050 g/mol. The Morgan fingerprint density at radius 1 is 0.658 bits per heavy atom. The van der Waals surface area contributed by atoms with Crippen LogP contribution in [-0.4, -0.2) is 118 Å². The van der Waals surface area contributed by atoms with Gasteiger partial charge in [-0.25, -0.2) is 4.98 Å². The molecule has 3 fully saturated rings. The van der Waals surface area contributed by atoms with E-state index in [1.54, 1.807) is 42.6 Å². The molecule has 3 atom stereocenters. The molecule has 2 amide bonds. The topological polar surface area (TPSA) is 179 Å². The third-order valence-electron chi connectivity index (χ3n) is 13.5. The van der Waals surface area contributed by atoms with Gasteiger partial charge in [0.25, 0.3) is 23.2 Å². The summed E-state index contributed by atoms with van der Waals surface area (Å²) in [6.45, 7) is 20.2. The average Bonchev–Trinajstić information content (AvgIpc) is 4.18. The van der Waals surface area contributed by atoms with Crippen molar-refractivity contribution in [3.63, 3.8) is 0 Å². The van der Waals surface area contributed by atoms with Crippen molar-refractivity contribution in [2.45, 2.75) is 118 Å². The van der Waals surface area contributed by atoms with Crippen LogP contribution in [0.25, 0.3) is 0 Å². The van der Waals surface area contributed by atoms with Crippen molar-refractivity contribution in [2.75, 3.05) is 58.9 Å². The number of nitrogens with zero attached hydrogens (tertiary/aromatic N) is 6. The largest absolute Gasteiger partial charge is 0.350 e. The third-order valence-corrected chi connectivity index (χ3v) is 16.0. The number of pyridine rings is 1. The Bertz CT molecular complexity index is 2630. The highest BCUT2D eigenvalue weighted by Gasteiger charge is 2.27. The molecule has 3 saturated heterocycles.